The Balaban J connectivity index is 2.21. The van der Waals surface area contributed by atoms with Crippen LogP contribution >= 0.6 is 11.8 Å². The Bertz CT molecular complexity index is 737. The Morgan fingerprint density at radius 2 is 1.88 bits per heavy atom. The van der Waals surface area contributed by atoms with Gasteiger partial charge in [-0.2, -0.15) is 5.26 Å². The SMILES string of the molecule is Cc1ccc(N(CCC#N)C(=O)C(C)Sc2ccccc2)cc1C. The number of rotatable bonds is 6. The number of benzene rings is 2. The van der Waals surface area contributed by atoms with E-state index in [9.17, 15) is 4.79 Å². The van der Waals surface area contributed by atoms with Gasteiger partial charge in [-0.3, -0.25) is 4.79 Å². The molecule has 0 fully saturated rings. The van der Waals surface area contributed by atoms with Crippen molar-refractivity contribution in [2.75, 3.05) is 11.4 Å². The molecule has 0 N–H and O–H groups in total. The molecule has 3 nitrogen and oxygen atoms in total. The summed E-state index contributed by atoms with van der Waals surface area (Å²) in [6, 6.07) is 18.0. The van der Waals surface area contributed by atoms with Crippen LogP contribution in [0.5, 0.6) is 0 Å². The maximum atomic E-state index is 12.9. The third-order valence-electron chi connectivity index (χ3n) is 3.92. The van der Waals surface area contributed by atoms with Crippen LogP contribution in [0.25, 0.3) is 0 Å². The first kappa shape index (κ1) is 18.1. The number of nitriles is 1. The second kappa shape index (κ2) is 8.56. The van der Waals surface area contributed by atoms with E-state index in [2.05, 4.69) is 13.0 Å². The van der Waals surface area contributed by atoms with Gasteiger partial charge in [0.15, 0.2) is 0 Å². The molecular formula is C20H22N2OS. The van der Waals surface area contributed by atoms with E-state index in [0.29, 0.717) is 13.0 Å². The maximum absolute atomic E-state index is 12.9. The van der Waals surface area contributed by atoms with Gasteiger partial charge in [0.25, 0.3) is 0 Å². The molecule has 2 aromatic carbocycles. The summed E-state index contributed by atoms with van der Waals surface area (Å²) in [5, 5.41) is 8.71. The van der Waals surface area contributed by atoms with Crippen molar-refractivity contribution >= 4 is 23.4 Å². The van der Waals surface area contributed by atoms with Gasteiger partial charge in [-0.05, 0) is 56.2 Å². The molecule has 4 heteroatoms. The van der Waals surface area contributed by atoms with Gasteiger partial charge in [-0.15, -0.1) is 11.8 Å². The number of aryl methyl sites for hydroxylation is 2. The molecule has 24 heavy (non-hydrogen) atoms. The van der Waals surface area contributed by atoms with E-state index in [4.69, 9.17) is 5.26 Å². The van der Waals surface area contributed by atoms with Crippen molar-refractivity contribution < 1.29 is 4.79 Å². The van der Waals surface area contributed by atoms with Gasteiger partial charge in [-0.25, -0.2) is 0 Å². The minimum absolute atomic E-state index is 0.0300. The lowest BCUT2D eigenvalue weighted by molar-refractivity contribution is -0.117. The minimum Gasteiger partial charge on any atom is -0.310 e. The Morgan fingerprint density at radius 1 is 1.17 bits per heavy atom. The van der Waals surface area contributed by atoms with E-state index in [1.807, 2.05) is 62.4 Å². The van der Waals surface area contributed by atoms with Gasteiger partial charge in [0.1, 0.15) is 0 Å². The summed E-state index contributed by atoms with van der Waals surface area (Å²) in [7, 11) is 0. The lowest BCUT2D eigenvalue weighted by Crippen LogP contribution is -2.37. The van der Waals surface area contributed by atoms with Crippen molar-refractivity contribution in [2.24, 2.45) is 0 Å². The third-order valence-corrected chi connectivity index (χ3v) is 5.02. The van der Waals surface area contributed by atoms with Crippen LogP contribution in [-0.4, -0.2) is 17.7 Å². The maximum Gasteiger partial charge on any atom is 0.240 e. The molecule has 0 saturated carbocycles. The third kappa shape index (κ3) is 4.62. The van der Waals surface area contributed by atoms with Gasteiger partial charge < -0.3 is 4.90 Å². The molecule has 0 heterocycles. The first-order valence-electron chi connectivity index (χ1n) is 8.00. The van der Waals surface area contributed by atoms with Gasteiger partial charge in [0.2, 0.25) is 5.91 Å². The van der Waals surface area contributed by atoms with Crippen LogP contribution in [0.4, 0.5) is 5.69 Å². The zero-order chi connectivity index (χ0) is 17.5. The monoisotopic (exact) mass is 338 g/mol. The summed E-state index contributed by atoms with van der Waals surface area (Å²) in [4.78, 5) is 15.7. The molecule has 0 spiro atoms. The van der Waals surface area contributed by atoms with Crippen LogP contribution in [0, 0.1) is 25.2 Å². The van der Waals surface area contributed by atoms with Crippen LogP contribution in [0.1, 0.15) is 24.5 Å². The quantitative estimate of drug-likeness (QED) is 0.715. The van der Waals surface area contributed by atoms with Gasteiger partial charge in [0, 0.05) is 17.1 Å². The summed E-state index contributed by atoms with van der Waals surface area (Å²) in [6.45, 7) is 6.42. The van der Waals surface area contributed by atoms with Crippen LogP contribution < -0.4 is 4.90 Å². The van der Waals surface area contributed by atoms with Gasteiger partial charge in [-0.1, -0.05) is 24.3 Å². The number of carbonyl (C=O) groups excluding carboxylic acids is 1. The lowest BCUT2D eigenvalue weighted by Gasteiger charge is -2.25. The van der Waals surface area contributed by atoms with E-state index in [0.717, 1.165) is 16.1 Å². The van der Waals surface area contributed by atoms with E-state index in [1.54, 1.807) is 16.7 Å². The number of hydrogen-bond donors (Lipinski definition) is 0. The topological polar surface area (TPSA) is 44.1 Å². The fraction of sp³-hybridized carbons (Fsp3) is 0.300. The highest BCUT2D eigenvalue weighted by Crippen LogP contribution is 2.27. The summed E-state index contributed by atoms with van der Waals surface area (Å²) >= 11 is 1.54. The Hall–Kier alpha value is -2.25. The highest BCUT2D eigenvalue weighted by atomic mass is 32.2. The summed E-state index contributed by atoms with van der Waals surface area (Å²) < 4.78 is 0. The first-order valence-corrected chi connectivity index (χ1v) is 8.88. The van der Waals surface area contributed by atoms with E-state index in [-0.39, 0.29) is 11.2 Å². The molecule has 2 rings (SSSR count). The second-order valence-electron chi connectivity index (χ2n) is 5.74. The van der Waals surface area contributed by atoms with Crippen molar-refractivity contribution in [1.29, 1.82) is 5.26 Å². The molecule has 1 atom stereocenters. The number of anilines is 1. The van der Waals surface area contributed by atoms with Crippen molar-refractivity contribution in [3.63, 3.8) is 0 Å². The highest BCUT2D eigenvalue weighted by molar-refractivity contribution is 8.00. The molecule has 2 aromatic rings. The smallest absolute Gasteiger partial charge is 0.240 e. The van der Waals surface area contributed by atoms with E-state index >= 15 is 0 Å². The molecule has 1 unspecified atom stereocenters. The number of nitrogens with zero attached hydrogens (tertiary/aromatic N) is 2. The predicted octanol–water partition coefficient (Wildman–Crippen LogP) is 4.73. The van der Waals surface area contributed by atoms with E-state index < -0.39 is 0 Å². The predicted molar refractivity (Wildman–Crippen MR) is 100 cm³/mol. The largest absolute Gasteiger partial charge is 0.310 e. The van der Waals surface area contributed by atoms with Gasteiger partial charge in [0.05, 0.1) is 17.7 Å². The minimum atomic E-state index is -0.215. The Morgan fingerprint density at radius 3 is 2.50 bits per heavy atom. The van der Waals surface area contributed by atoms with Crippen LogP contribution in [0.15, 0.2) is 53.4 Å². The molecule has 0 aromatic heterocycles. The zero-order valence-corrected chi connectivity index (χ0v) is 15.1. The summed E-state index contributed by atoms with van der Waals surface area (Å²) in [6.07, 6.45) is 0.321. The number of hydrogen-bond acceptors (Lipinski definition) is 3. The average Bonchev–Trinajstić information content (AvgIpc) is 2.59. The van der Waals surface area contributed by atoms with Crippen LogP contribution in [0.2, 0.25) is 0 Å². The van der Waals surface area contributed by atoms with Crippen LogP contribution in [0.3, 0.4) is 0 Å². The number of carbonyl (C=O) groups is 1. The molecule has 1 amide bonds. The number of thioether (sulfide) groups is 1. The molecule has 0 bridgehead atoms. The average molecular weight is 338 g/mol. The van der Waals surface area contributed by atoms with Crippen molar-refractivity contribution in [3.8, 4) is 6.07 Å². The fourth-order valence-corrected chi connectivity index (χ4v) is 3.35. The molecule has 0 aliphatic rings. The van der Waals surface area contributed by atoms with Crippen molar-refractivity contribution in [2.45, 2.75) is 37.3 Å². The lowest BCUT2D eigenvalue weighted by atomic mass is 10.1. The molecule has 0 radical (unpaired) electrons. The first-order chi connectivity index (χ1) is 11.5. The number of amides is 1. The van der Waals surface area contributed by atoms with Gasteiger partial charge >= 0.3 is 0 Å². The second-order valence-corrected chi connectivity index (χ2v) is 7.15. The molecule has 0 saturated heterocycles. The van der Waals surface area contributed by atoms with Crippen molar-refractivity contribution in [1.82, 2.24) is 0 Å². The van der Waals surface area contributed by atoms with Crippen molar-refractivity contribution in [3.05, 3.63) is 59.7 Å². The molecule has 124 valence electrons. The Kier molecular flexibility index (Phi) is 6.45. The molecule has 0 aliphatic heterocycles. The zero-order valence-electron chi connectivity index (χ0n) is 14.3. The normalized spacial score (nSPS) is 11.6. The summed E-state index contributed by atoms with van der Waals surface area (Å²) in [5.74, 6) is 0.0300. The summed E-state index contributed by atoms with van der Waals surface area (Å²) in [5.41, 5.74) is 3.20. The molecule has 0 aliphatic carbocycles. The molecular weight excluding hydrogens is 316 g/mol. The standard InChI is InChI=1S/C20H22N2OS/c1-15-10-11-18(14-16(15)2)22(13-7-12-21)20(23)17(3)24-19-8-5-4-6-9-19/h4-6,8-11,14,17H,7,13H2,1-3H3. The van der Waals surface area contributed by atoms with E-state index in [1.165, 1.54) is 5.56 Å². The fourth-order valence-electron chi connectivity index (χ4n) is 2.39. The Labute approximate surface area is 148 Å². The van der Waals surface area contributed by atoms with Crippen LogP contribution in [-0.2, 0) is 4.79 Å². The highest BCUT2D eigenvalue weighted by Gasteiger charge is 2.23.